The second-order valence-corrected chi connectivity index (χ2v) is 11.1. The Balaban J connectivity index is 4.01. The van der Waals surface area contributed by atoms with E-state index in [0.717, 1.165) is 0 Å². The maximum atomic E-state index is 9.89. The van der Waals surface area contributed by atoms with Crippen LogP contribution in [0.15, 0.2) is 12.7 Å². The van der Waals surface area contributed by atoms with Crippen LogP contribution in [0.2, 0.25) is 18.1 Å². The third-order valence-electron chi connectivity index (χ3n) is 3.79. The largest absolute Gasteiger partial charge is 0.417 e. The van der Waals surface area contributed by atoms with Crippen molar-refractivity contribution in [3.8, 4) is 0 Å². The molecule has 108 valence electrons. The van der Waals surface area contributed by atoms with Gasteiger partial charge in [0.2, 0.25) is 0 Å². The summed E-state index contributed by atoms with van der Waals surface area (Å²) in [5.41, 5.74) is 0. The summed E-state index contributed by atoms with van der Waals surface area (Å²) in [7, 11) is -0.0607. The first-order valence-corrected chi connectivity index (χ1v) is 9.52. The van der Waals surface area contributed by atoms with Crippen molar-refractivity contribution in [1.82, 2.24) is 0 Å². The van der Waals surface area contributed by atoms with E-state index in [4.69, 9.17) is 9.16 Å². The lowest BCUT2D eigenvalue weighted by Crippen LogP contribution is -2.41. The molecule has 0 amide bonds. The average Bonchev–Trinajstić information content (AvgIpc) is 2.24. The zero-order valence-electron chi connectivity index (χ0n) is 12.8. The van der Waals surface area contributed by atoms with Gasteiger partial charge in [0.25, 0.3) is 0 Å². The lowest BCUT2D eigenvalue weighted by Gasteiger charge is -2.36. The monoisotopic (exact) mass is 274 g/mol. The predicted octanol–water partition coefficient (Wildman–Crippen LogP) is 3.35. The van der Waals surface area contributed by atoms with Gasteiger partial charge in [0.05, 0.1) is 12.2 Å². The third-order valence-corrected chi connectivity index (χ3v) is 8.33. The van der Waals surface area contributed by atoms with Crippen LogP contribution in [-0.2, 0) is 9.16 Å². The fraction of sp³-hybridized carbons (Fsp3) is 0.857. The second kappa shape index (κ2) is 7.43. The molecule has 0 bridgehead atoms. The molecule has 0 spiro atoms. The molecule has 0 fully saturated rings. The van der Waals surface area contributed by atoms with Crippen molar-refractivity contribution in [2.24, 2.45) is 0 Å². The van der Waals surface area contributed by atoms with Gasteiger partial charge in [-0.2, -0.15) is 0 Å². The molecule has 4 heteroatoms. The Morgan fingerprint density at radius 1 is 1.33 bits per heavy atom. The SMILES string of the molecule is C=C[C@H](C[C@H](O)CCO[Si](C)(C)C(C)(C)C)OC. The summed E-state index contributed by atoms with van der Waals surface area (Å²) in [6, 6.07) is 0. The number of hydrogen-bond donors (Lipinski definition) is 1. The maximum Gasteiger partial charge on any atom is 0.191 e. The molecule has 0 saturated heterocycles. The highest BCUT2D eigenvalue weighted by molar-refractivity contribution is 6.74. The standard InChI is InChI=1S/C14H30O3Si/c1-8-13(16-5)11-12(15)9-10-17-18(6,7)14(2,3)4/h8,12-13,15H,1,9-11H2,2-7H3/t12-,13-/m1/s1. The van der Waals surface area contributed by atoms with E-state index in [1.807, 2.05) is 0 Å². The highest BCUT2D eigenvalue weighted by Gasteiger charge is 2.36. The van der Waals surface area contributed by atoms with E-state index in [0.29, 0.717) is 19.4 Å². The number of aliphatic hydroxyl groups excluding tert-OH is 1. The number of methoxy groups -OCH3 is 1. The van der Waals surface area contributed by atoms with Gasteiger partial charge in [0.1, 0.15) is 0 Å². The quantitative estimate of drug-likeness (QED) is 0.545. The summed E-state index contributed by atoms with van der Waals surface area (Å²) >= 11 is 0. The molecular formula is C14H30O3Si. The Bertz CT molecular complexity index is 246. The summed E-state index contributed by atoms with van der Waals surface area (Å²) in [5, 5.41) is 10.1. The van der Waals surface area contributed by atoms with Crippen LogP contribution in [0.5, 0.6) is 0 Å². The molecule has 0 aromatic rings. The molecule has 1 N–H and O–H groups in total. The Morgan fingerprint density at radius 2 is 1.89 bits per heavy atom. The predicted molar refractivity (Wildman–Crippen MR) is 79.4 cm³/mol. The highest BCUT2D eigenvalue weighted by atomic mass is 28.4. The van der Waals surface area contributed by atoms with E-state index in [9.17, 15) is 5.11 Å². The number of ether oxygens (including phenoxy) is 1. The molecular weight excluding hydrogens is 244 g/mol. The molecule has 0 aromatic heterocycles. The lowest BCUT2D eigenvalue weighted by molar-refractivity contribution is 0.0596. The van der Waals surface area contributed by atoms with Gasteiger partial charge in [-0.25, -0.2) is 0 Å². The van der Waals surface area contributed by atoms with Crippen LogP contribution in [-0.4, -0.2) is 39.3 Å². The summed E-state index contributed by atoms with van der Waals surface area (Å²) < 4.78 is 11.2. The molecule has 0 saturated carbocycles. The molecule has 18 heavy (non-hydrogen) atoms. The number of rotatable bonds is 8. The van der Waals surface area contributed by atoms with Gasteiger partial charge < -0.3 is 14.3 Å². The van der Waals surface area contributed by atoms with E-state index in [2.05, 4.69) is 40.4 Å². The van der Waals surface area contributed by atoms with E-state index >= 15 is 0 Å². The van der Waals surface area contributed by atoms with Crippen LogP contribution < -0.4 is 0 Å². The topological polar surface area (TPSA) is 38.7 Å². The van der Waals surface area contributed by atoms with Crippen LogP contribution in [0.4, 0.5) is 0 Å². The molecule has 3 nitrogen and oxygen atoms in total. The molecule has 0 aliphatic carbocycles. The van der Waals surface area contributed by atoms with Crippen LogP contribution in [0, 0.1) is 0 Å². The fourth-order valence-corrected chi connectivity index (χ4v) is 2.40. The molecule has 0 unspecified atom stereocenters. The Labute approximate surface area is 113 Å². The van der Waals surface area contributed by atoms with Crippen LogP contribution in [0.1, 0.15) is 33.6 Å². The highest BCUT2D eigenvalue weighted by Crippen LogP contribution is 2.36. The summed E-state index contributed by atoms with van der Waals surface area (Å²) in [5.74, 6) is 0. The van der Waals surface area contributed by atoms with Crippen molar-refractivity contribution < 1.29 is 14.3 Å². The molecule has 0 aliphatic rings. The summed E-state index contributed by atoms with van der Waals surface area (Å²) in [6.07, 6.45) is 2.49. The minimum absolute atomic E-state index is 0.0760. The van der Waals surface area contributed by atoms with Crippen molar-refractivity contribution >= 4 is 8.32 Å². The van der Waals surface area contributed by atoms with Crippen molar-refractivity contribution in [3.63, 3.8) is 0 Å². The third kappa shape index (κ3) is 6.14. The summed E-state index contributed by atoms with van der Waals surface area (Å²) in [6.45, 7) is 15.4. The Hall–Kier alpha value is -0.163. The smallest absolute Gasteiger partial charge is 0.191 e. The molecule has 0 aliphatic heterocycles. The van der Waals surface area contributed by atoms with Gasteiger partial charge in [-0.3, -0.25) is 0 Å². The molecule has 0 heterocycles. The number of hydrogen-bond acceptors (Lipinski definition) is 3. The van der Waals surface area contributed by atoms with Gasteiger partial charge >= 0.3 is 0 Å². The normalized spacial score (nSPS) is 16.4. The Morgan fingerprint density at radius 3 is 2.28 bits per heavy atom. The molecule has 0 radical (unpaired) electrons. The first-order chi connectivity index (χ1) is 8.14. The fourth-order valence-electron chi connectivity index (χ4n) is 1.34. The average molecular weight is 274 g/mol. The van der Waals surface area contributed by atoms with E-state index < -0.39 is 14.4 Å². The van der Waals surface area contributed by atoms with Crippen LogP contribution in [0.3, 0.4) is 0 Å². The van der Waals surface area contributed by atoms with E-state index in [1.165, 1.54) is 0 Å². The van der Waals surface area contributed by atoms with Crippen LogP contribution >= 0.6 is 0 Å². The van der Waals surface area contributed by atoms with Gasteiger partial charge in [0.15, 0.2) is 8.32 Å². The van der Waals surface area contributed by atoms with Crippen LogP contribution in [0.25, 0.3) is 0 Å². The molecule has 0 rings (SSSR count). The maximum absolute atomic E-state index is 9.89. The molecule has 0 aromatic carbocycles. The van der Waals surface area contributed by atoms with Gasteiger partial charge in [-0.05, 0) is 24.6 Å². The van der Waals surface area contributed by atoms with Gasteiger partial charge in [-0.15, -0.1) is 6.58 Å². The lowest BCUT2D eigenvalue weighted by atomic mass is 10.1. The van der Waals surface area contributed by atoms with E-state index in [-0.39, 0.29) is 11.1 Å². The van der Waals surface area contributed by atoms with Gasteiger partial charge in [-0.1, -0.05) is 26.8 Å². The second-order valence-electron chi connectivity index (χ2n) is 6.30. The van der Waals surface area contributed by atoms with Gasteiger partial charge in [0, 0.05) is 20.1 Å². The zero-order chi connectivity index (χ0) is 14.4. The summed E-state index contributed by atoms with van der Waals surface area (Å²) in [4.78, 5) is 0. The molecule has 2 atom stereocenters. The van der Waals surface area contributed by atoms with Crippen molar-refractivity contribution in [1.29, 1.82) is 0 Å². The minimum atomic E-state index is -1.69. The number of aliphatic hydroxyl groups is 1. The van der Waals surface area contributed by atoms with Crippen molar-refractivity contribution in [2.45, 2.75) is 64.0 Å². The Kier molecular flexibility index (Phi) is 7.36. The first kappa shape index (κ1) is 17.8. The van der Waals surface area contributed by atoms with Crippen molar-refractivity contribution in [3.05, 3.63) is 12.7 Å². The van der Waals surface area contributed by atoms with Crippen molar-refractivity contribution in [2.75, 3.05) is 13.7 Å². The zero-order valence-corrected chi connectivity index (χ0v) is 13.8. The minimum Gasteiger partial charge on any atom is -0.417 e. The first-order valence-electron chi connectivity index (χ1n) is 6.61. The van der Waals surface area contributed by atoms with E-state index in [1.54, 1.807) is 13.2 Å².